The van der Waals surface area contributed by atoms with Crippen molar-refractivity contribution in [3.05, 3.63) is 89.6 Å². The molecule has 0 aliphatic carbocycles. The maximum Gasteiger partial charge on any atom is 0.270 e. The molecule has 1 aliphatic rings. The zero-order chi connectivity index (χ0) is 25.1. The Kier molecular flexibility index (Phi) is 8.84. The Morgan fingerprint density at radius 1 is 1.03 bits per heavy atom. The molecule has 0 bridgehead atoms. The van der Waals surface area contributed by atoms with Crippen molar-refractivity contribution in [2.75, 3.05) is 11.5 Å². The lowest BCUT2D eigenvalue weighted by molar-refractivity contribution is -0.113. The van der Waals surface area contributed by atoms with Gasteiger partial charge in [-0.05, 0) is 86.8 Å². The molecule has 0 aromatic heterocycles. The zero-order valence-corrected chi connectivity index (χ0v) is 24.5. The molecule has 1 heterocycles. The van der Waals surface area contributed by atoms with Crippen LogP contribution in [0.1, 0.15) is 18.1 Å². The highest BCUT2D eigenvalue weighted by Gasteiger charge is 2.33. The van der Waals surface area contributed by atoms with Crippen molar-refractivity contribution in [1.82, 2.24) is 0 Å². The van der Waals surface area contributed by atoms with Gasteiger partial charge >= 0.3 is 0 Å². The number of carbonyl (C=O) groups is 1. The average Bonchev–Trinajstić information content (AvgIpc) is 3.09. The Bertz CT molecular complexity index is 1350. The number of carbonyl (C=O) groups excluding carboxylic acids is 1. The van der Waals surface area contributed by atoms with Crippen LogP contribution >= 0.6 is 79.0 Å². The van der Waals surface area contributed by atoms with Crippen molar-refractivity contribution in [2.24, 2.45) is 0 Å². The van der Waals surface area contributed by atoms with Crippen LogP contribution in [0.3, 0.4) is 0 Å². The van der Waals surface area contributed by atoms with Crippen molar-refractivity contribution in [3.63, 3.8) is 0 Å². The average molecular weight is 674 g/mol. The van der Waals surface area contributed by atoms with E-state index in [-0.39, 0.29) is 12.5 Å². The smallest absolute Gasteiger partial charge is 0.270 e. The summed E-state index contributed by atoms with van der Waals surface area (Å²) in [4.78, 5) is 15.2. The quantitative estimate of drug-likeness (QED) is 0.185. The fourth-order valence-electron chi connectivity index (χ4n) is 3.31. The van der Waals surface area contributed by atoms with Crippen molar-refractivity contribution < 1.29 is 14.3 Å². The van der Waals surface area contributed by atoms with Crippen LogP contribution in [0, 0.1) is 0 Å². The highest BCUT2D eigenvalue weighted by Crippen LogP contribution is 2.41. The monoisotopic (exact) mass is 671 g/mol. The minimum Gasteiger partial charge on any atom is -0.490 e. The minimum absolute atomic E-state index is 0.216. The molecule has 35 heavy (non-hydrogen) atoms. The molecule has 180 valence electrons. The molecule has 0 spiro atoms. The SMILES string of the molecule is CCOc1cc(/C=C2/SC(=S)N(c3ccc(Br)c(Cl)c3)C2=O)cc(Br)c1OCc1ccccc1Cl. The van der Waals surface area contributed by atoms with E-state index < -0.39 is 0 Å². The first-order chi connectivity index (χ1) is 16.8. The highest BCUT2D eigenvalue weighted by molar-refractivity contribution is 9.10. The van der Waals surface area contributed by atoms with Crippen LogP contribution < -0.4 is 14.4 Å². The number of ether oxygens (including phenoxy) is 2. The van der Waals surface area contributed by atoms with Crippen LogP contribution in [0.15, 0.2) is 68.4 Å². The van der Waals surface area contributed by atoms with Gasteiger partial charge < -0.3 is 9.47 Å². The minimum atomic E-state index is -0.216. The second kappa shape index (κ2) is 11.7. The third-order valence-electron chi connectivity index (χ3n) is 4.91. The summed E-state index contributed by atoms with van der Waals surface area (Å²) in [6, 6.07) is 16.5. The predicted octanol–water partition coefficient (Wildman–Crippen LogP) is 8.90. The standard InChI is InChI=1S/C25H17Br2Cl2NO3S2/c1-2-32-21-10-14(9-18(27)23(21)33-13-15-5-3-4-6-19(15)28)11-22-24(31)30(25(34)35-22)16-7-8-17(26)20(29)12-16/h3-12H,2,13H2,1H3/b22-11+. The molecule has 1 aliphatic heterocycles. The molecule has 0 saturated carbocycles. The fourth-order valence-corrected chi connectivity index (χ4v) is 5.79. The van der Waals surface area contributed by atoms with Crippen LogP contribution in [-0.4, -0.2) is 16.8 Å². The molecule has 1 amide bonds. The Labute approximate surface area is 239 Å². The number of amides is 1. The van der Waals surface area contributed by atoms with Crippen molar-refractivity contribution in [1.29, 1.82) is 0 Å². The van der Waals surface area contributed by atoms with E-state index in [2.05, 4.69) is 31.9 Å². The molecule has 0 radical (unpaired) electrons. The molecule has 3 aromatic rings. The van der Waals surface area contributed by atoms with E-state index in [0.29, 0.717) is 47.5 Å². The Hall–Kier alpha value is -1.55. The van der Waals surface area contributed by atoms with Crippen LogP contribution in [0.2, 0.25) is 10.0 Å². The summed E-state index contributed by atoms with van der Waals surface area (Å²) in [6.45, 7) is 2.63. The van der Waals surface area contributed by atoms with Crippen LogP contribution in [0.25, 0.3) is 6.08 Å². The van der Waals surface area contributed by atoms with E-state index >= 15 is 0 Å². The van der Waals surface area contributed by atoms with Crippen molar-refractivity contribution in [3.8, 4) is 11.5 Å². The van der Waals surface area contributed by atoms with Gasteiger partial charge in [0.05, 0.1) is 26.7 Å². The molecule has 0 unspecified atom stereocenters. The van der Waals surface area contributed by atoms with E-state index in [1.807, 2.05) is 43.3 Å². The van der Waals surface area contributed by atoms with E-state index in [9.17, 15) is 4.79 Å². The summed E-state index contributed by atoms with van der Waals surface area (Å²) in [6.07, 6.45) is 1.78. The lowest BCUT2D eigenvalue weighted by Gasteiger charge is -2.16. The summed E-state index contributed by atoms with van der Waals surface area (Å²) in [5.41, 5.74) is 2.24. The van der Waals surface area contributed by atoms with Gasteiger partial charge in [0.1, 0.15) is 6.61 Å². The number of thiocarbonyl (C=S) groups is 1. The second-order valence-corrected chi connectivity index (χ2v) is 11.5. The third-order valence-corrected chi connectivity index (χ3v) is 8.41. The molecule has 4 nitrogen and oxygen atoms in total. The van der Waals surface area contributed by atoms with Crippen LogP contribution in [0.4, 0.5) is 5.69 Å². The van der Waals surface area contributed by atoms with Gasteiger partial charge in [-0.2, -0.15) is 0 Å². The topological polar surface area (TPSA) is 38.8 Å². The molecule has 3 aromatic carbocycles. The Morgan fingerprint density at radius 2 is 1.80 bits per heavy atom. The number of nitrogens with zero attached hydrogens (tertiary/aromatic N) is 1. The molecule has 0 atom stereocenters. The van der Waals surface area contributed by atoms with Gasteiger partial charge in [0.2, 0.25) is 0 Å². The molecule has 1 saturated heterocycles. The number of rotatable bonds is 7. The number of benzene rings is 3. The first-order valence-corrected chi connectivity index (χ1v) is 13.9. The number of anilines is 1. The van der Waals surface area contributed by atoms with Gasteiger partial charge in [0, 0.05) is 15.1 Å². The first-order valence-electron chi connectivity index (χ1n) is 10.3. The lowest BCUT2D eigenvalue weighted by atomic mass is 10.1. The molecule has 1 fully saturated rings. The number of hydrogen-bond acceptors (Lipinski definition) is 5. The van der Waals surface area contributed by atoms with Gasteiger partial charge in [-0.25, -0.2) is 0 Å². The van der Waals surface area contributed by atoms with E-state index in [0.717, 1.165) is 15.6 Å². The summed E-state index contributed by atoms with van der Waals surface area (Å²) in [7, 11) is 0. The summed E-state index contributed by atoms with van der Waals surface area (Å²) in [5.74, 6) is 0.892. The molecular weight excluding hydrogens is 657 g/mol. The Balaban J connectivity index is 1.61. The Morgan fingerprint density at radius 3 is 2.51 bits per heavy atom. The second-order valence-electron chi connectivity index (χ2n) is 7.26. The fraction of sp³-hybridized carbons (Fsp3) is 0.120. The van der Waals surface area contributed by atoms with Crippen LogP contribution in [0.5, 0.6) is 11.5 Å². The van der Waals surface area contributed by atoms with E-state index in [1.165, 1.54) is 16.7 Å². The van der Waals surface area contributed by atoms with Gasteiger partial charge in [-0.3, -0.25) is 9.69 Å². The summed E-state index contributed by atoms with van der Waals surface area (Å²) >= 11 is 26.1. The molecule has 4 rings (SSSR count). The lowest BCUT2D eigenvalue weighted by Crippen LogP contribution is -2.27. The van der Waals surface area contributed by atoms with E-state index in [4.69, 9.17) is 44.9 Å². The van der Waals surface area contributed by atoms with E-state index in [1.54, 1.807) is 24.3 Å². The summed E-state index contributed by atoms with van der Waals surface area (Å²) < 4.78 is 13.8. The molecule has 10 heteroatoms. The van der Waals surface area contributed by atoms with Crippen molar-refractivity contribution >= 4 is 101 Å². The number of halogens is 4. The maximum atomic E-state index is 13.2. The normalized spacial score (nSPS) is 14.7. The molecular formula is C25H17Br2Cl2NO3S2. The third kappa shape index (κ3) is 6.06. The van der Waals surface area contributed by atoms with Crippen molar-refractivity contribution in [2.45, 2.75) is 13.5 Å². The predicted molar refractivity (Wildman–Crippen MR) is 156 cm³/mol. The van der Waals surface area contributed by atoms with Gasteiger partial charge in [0.25, 0.3) is 5.91 Å². The van der Waals surface area contributed by atoms with Crippen LogP contribution in [-0.2, 0) is 11.4 Å². The number of thioether (sulfide) groups is 1. The van der Waals surface area contributed by atoms with Gasteiger partial charge in [-0.15, -0.1) is 0 Å². The zero-order valence-electron chi connectivity index (χ0n) is 18.2. The number of hydrogen-bond donors (Lipinski definition) is 0. The summed E-state index contributed by atoms with van der Waals surface area (Å²) in [5, 5.41) is 1.13. The maximum absolute atomic E-state index is 13.2. The van der Waals surface area contributed by atoms with Gasteiger partial charge in [-0.1, -0.05) is 65.4 Å². The molecule has 0 N–H and O–H groups in total. The van der Waals surface area contributed by atoms with Gasteiger partial charge in [0.15, 0.2) is 15.8 Å². The highest BCUT2D eigenvalue weighted by atomic mass is 79.9. The largest absolute Gasteiger partial charge is 0.490 e. The first kappa shape index (κ1) is 26.5.